The lowest BCUT2D eigenvalue weighted by Gasteiger charge is -2.29. The third-order valence-electron chi connectivity index (χ3n) is 7.47. The van der Waals surface area contributed by atoms with Gasteiger partial charge in [-0.3, -0.25) is 15.2 Å². The van der Waals surface area contributed by atoms with Crippen LogP contribution in [0.4, 0.5) is 0 Å². The first-order valence-electron chi connectivity index (χ1n) is 12.7. The van der Waals surface area contributed by atoms with Crippen LogP contribution >= 0.6 is 0 Å². The van der Waals surface area contributed by atoms with Gasteiger partial charge in [0.15, 0.2) is 0 Å². The highest BCUT2D eigenvalue weighted by atomic mass is 32.2. The molecule has 0 radical (unpaired) electrons. The quantitative estimate of drug-likeness (QED) is 0.218. The molecule has 0 bridgehead atoms. The van der Waals surface area contributed by atoms with Crippen molar-refractivity contribution in [3.8, 4) is 0 Å². The van der Waals surface area contributed by atoms with Crippen molar-refractivity contribution in [2.24, 2.45) is 5.84 Å². The van der Waals surface area contributed by atoms with Crippen LogP contribution < -0.4 is 10.6 Å². The van der Waals surface area contributed by atoms with Gasteiger partial charge in [0, 0.05) is 25.7 Å². The van der Waals surface area contributed by atoms with E-state index in [9.17, 15) is 13.2 Å². The van der Waals surface area contributed by atoms with E-state index in [0.29, 0.717) is 5.56 Å². The Labute approximate surface area is 214 Å². The van der Waals surface area contributed by atoms with E-state index in [2.05, 4.69) is 4.72 Å². The predicted octanol–water partition coefficient (Wildman–Crippen LogP) is 2.99. The number of amides is 1. The predicted molar refractivity (Wildman–Crippen MR) is 141 cm³/mol. The second kappa shape index (κ2) is 11.1. The summed E-state index contributed by atoms with van der Waals surface area (Å²) in [6, 6.07) is 11.7. The zero-order chi connectivity index (χ0) is 25.9. The number of carbonyl (C=O) groups is 1. The summed E-state index contributed by atoms with van der Waals surface area (Å²) in [4.78, 5) is 15.5. The van der Waals surface area contributed by atoms with E-state index in [1.807, 2.05) is 18.2 Å². The first-order valence-corrected chi connectivity index (χ1v) is 14.2. The zero-order valence-electron chi connectivity index (χ0n) is 21.2. The minimum atomic E-state index is -3.90. The third-order valence-corrected chi connectivity index (χ3v) is 8.94. The van der Waals surface area contributed by atoms with Crippen molar-refractivity contribution in [2.45, 2.75) is 74.8 Å². The molecule has 0 aromatic heterocycles. The topological polar surface area (TPSA) is 120 Å². The SMILES string of the molecule is CN(N)C(=N)c1ccc(C[C@H](NS(=O)(=O)c2ccc3c(c2)CCCC3)C(=O)N(C)C2CCCC2)cc1. The monoisotopic (exact) mass is 511 g/mol. The normalized spacial score (nSPS) is 16.9. The molecule has 0 spiro atoms. The highest BCUT2D eigenvalue weighted by Gasteiger charge is 2.32. The number of benzene rings is 2. The van der Waals surface area contributed by atoms with Gasteiger partial charge in [0.05, 0.1) is 4.90 Å². The molecule has 2 aliphatic carbocycles. The lowest BCUT2D eigenvalue weighted by molar-refractivity contribution is -0.133. The molecule has 1 atom stereocenters. The van der Waals surface area contributed by atoms with E-state index in [1.54, 1.807) is 43.3 Å². The van der Waals surface area contributed by atoms with Crippen molar-refractivity contribution in [1.29, 1.82) is 5.41 Å². The van der Waals surface area contributed by atoms with Crippen LogP contribution in [-0.2, 0) is 34.1 Å². The molecular weight excluding hydrogens is 474 g/mol. The minimum absolute atomic E-state index is 0.135. The number of hydrazine groups is 1. The fourth-order valence-corrected chi connectivity index (χ4v) is 6.51. The Balaban J connectivity index is 1.59. The third kappa shape index (κ3) is 5.96. The number of fused-ring (bicyclic) bond motifs is 1. The summed E-state index contributed by atoms with van der Waals surface area (Å²) in [7, 11) is -0.528. The average molecular weight is 512 g/mol. The molecule has 0 heterocycles. The van der Waals surface area contributed by atoms with Crippen LogP contribution in [0.3, 0.4) is 0 Å². The molecule has 2 aromatic carbocycles. The van der Waals surface area contributed by atoms with Crippen LogP contribution in [0, 0.1) is 5.41 Å². The van der Waals surface area contributed by atoms with E-state index in [-0.39, 0.29) is 29.1 Å². The van der Waals surface area contributed by atoms with Gasteiger partial charge in [-0.1, -0.05) is 43.2 Å². The molecule has 194 valence electrons. The number of likely N-dealkylation sites (N-methyl/N-ethyl adjacent to an activating group) is 1. The number of amidine groups is 1. The number of rotatable bonds is 8. The van der Waals surface area contributed by atoms with Crippen molar-refractivity contribution in [2.75, 3.05) is 14.1 Å². The van der Waals surface area contributed by atoms with E-state index in [0.717, 1.165) is 62.5 Å². The van der Waals surface area contributed by atoms with E-state index >= 15 is 0 Å². The second-order valence-electron chi connectivity index (χ2n) is 10.1. The molecule has 0 saturated heterocycles. The largest absolute Gasteiger partial charge is 0.341 e. The second-order valence-corrected chi connectivity index (χ2v) is 11.8. The fourth-order valence-electron chi connectivity index (χ4n) is 5.27. The van der Waals surface area contributed by atoms with Gasteiger partial charge < -0.3 is 4.90 Å². The Kier molecular flexibility index (Phi) is 8.12. The fraction of sp³-hybridized carbons (Fsp3) is 0.481. The highest BCUT2D eigenvalue weighted by molar-refractivity contribution is 7.89. The van der Waals surface area contributed by atoms with Gasteiger partial charge >= 0.3 is 0 Å². The maximum absolute atomic E-state index is 13.6. The highest BCUT2D eigenvalue weighted by Crippen LogP contribution is 2.26. The Hall–Kier alpha value is -2.75. The average Bonchev–Trinajstić information content (AvgIpc) is 3.42. The molecule has 1 amide bonds. The lowest BCUT2D eigenvalue weighted by Crippen LogP contribution is -2.50. The van der Waals surface area contributed by atoms with Crippen LogP contribution in [0.5, 0.6) is 0 Å². The van der Waals surface area contributed by atoms with Gasteiger partial charge in [-0.05, 0) is 73.8 Å². The number of sulfonamides is 1. The molecule has 4 rings (SSSR count). The molecule has 2 aromatic rings. The summed E-state index contributed by atoms with van der Waals surface area (Å²) < 4.78 is 29.6. The Morgan fingerprint density at radius 1 is 1.03 bits per heavy atom. The van der Waals surface area contributed by atoms with Crippen LogP contribution in [-0.4, -0.2) is 56.2 Å². The Morgan fingerprint density at radius 3 is 2.31 bits per heavy atom. The number of hydrogen-bond donors (Lipinski definition) is 3. The molecule has 0 unspecified atom stereocenters. The minimum Gasteiger partial charge on any atom is -0.341 e. The van der Waals surface area contributed by atoms with Gasteiger partial charge in [0.2, 0.25) is 15.9 Å². The molecule has 36 heavy (non-hydrogen) atoms. The lowest BCUT2D eigenvalue weighted by atomic mass is 9.92. The summed E-state index contributed by atoms with van der Waals surface area (Å²) in [5.74, 6) is 5.62. The van der Waals surface area contributed by atoms with E-state index in [4.69, 9.17) is 11.3 Å². The summed E-state index contributed by atoms with van der Waals surface area (Å²) in [6.07, 6.45) is 8.30. The van der Waals surface area contributed by atoms with Gasteiger partial charge in [-0.2, -0.15) is 4.72 Å². The van der Waals surface area contributed by atoms with Crippen molar-refractivity contribution < 1.29 is 13.2 Å². The van der Waals surface area contributed by atoms with Gasteiger partial charge in [-0.25, -0.2) is 14.3 Å². The van der Waals surface area contributed by atoms with Crippen LogP contribution in [0.1, 0.15) is 60.8 Å². The first kappa shape index (κ1) is 26.3. The Morgan fingerprint density at radius 2 is 1.67 bits per heavy atom. The van der Waals surface area contributed by atoms with Crippen LogP contribution in [0.2, 0.25) is 0 Å². The first-order chi connectivity index (χ1) is 17.2. The molecule has 1 saturated carbocycles. The summed E-state index contributed by atoms with van der Waals surface area (Å²) in [5, 5.41) is 9.27. The number of nitrogens with two attached hydrogens (primary N) is 1. The molecule has 0 aliphatic heterocycles. The summed E-state index contributed by atoms with van der Waals surface area (Å²) in [6.45, 7) is 0. The Bertz CT molecular complexity index is 1200. The molecular formula is C27H37N5O3S. The molecule has 4 N–H and O–H groups in total. The smallest absolute Gasteiger partial charge is 0.241 e. The number of hydrogen-bond acceptors (Lipinski definition) is 5. The van der Waals surface area contributed by atoms with Gasteiger partial charge in [0.25, 0.3) is 0 Å². The molecule has 2 aliphatic rings. The molecule has 8 nitrogen and oxygen atoms in total. The molecule has 1 fully saturated rings. The van der Waals surface area contributed by atoms with Crippen LogP contribution in [0.15, 0.2) is 47.4 Å². The van der Waals surface area contributed by atoms with Crippen LogP contribution in [0.25, 0.3) is 0 Å². The van der Waals surface area contributed by atoms with Gasteiger partial charge in [0.1, 0.15) is 11.9 Å². The number of aryl methyl sites for hydroxylation is 2. The van der Waals surface area contributed by atoms with E-state index in [1.165, 1.54) is 10.6 Å². The maximum atomic E-state index is 13.6. The van der Waals surface area contributed by atoms with E-state index < -0.39 is 16.1 Å². The standard InChI is InChI=1S/C27H37N5O3S/c1-31(23-9-5-6-10-23)27(33)25(17-19-11-13-21(14-12-19)26(28)32(2)29)30-36(34,35)24-16-15-20-7-3-4-8-22(20)18-24/h11-16,18,23,25,28,30H,3-10,17,29H2,1-2H3/t25-/m0/s1. The van der Waals surface area contributed by atoms with Crippen molar-refractivity contribution >= 4 is 21.8 Å². The number of nitrogens with one attached hydrogen (secondary N) is 2. The van der Waals surface area contributed by atoms with Crippen molar-refractivity contribution in [1.82, 2.24) is 14.6 Å². The zero-order valence-corrected chi connectivity index (χ0v) is 22.0. The molecule has 9 heteroatoms. The summed E-state index contributed by atoms with van der Waals surface area (Å²) >= 11 is 0. The number of carbonyl (C=O) groups excluding carboxylic acids is 1. The maximum Gasteiger partial charge on any atom is 0.241 e. The van der Waals surface area contributed by atoms with Crippen molar-refractivity contribution in [3.63, 3.8) is 0 Å². The summed E-state index contributed by atoms with van der Waals surface area (Å²) in [5.41, 5.74) is 3.74. The number of nitrogens with zero attached hydrogens (tertiary/aromatic N) is 2. The van der Waals surface area contributed by atoms with Gasteiger partial charge in [-0.15, -0.1) is 0 Å². The van der Waals surface area contributed by atoms with Crippen molar-refractivity contribution in [3.05, 3.63) is 64.7 Å².